The van der Waals surface area contributed by atoms with Crippen molar-refractivity contribution in [3.05, 3.63) is 30.1 Å². The van der Waals surface area contributed by atoms with Gasteiger partial charge in [-0.2, -0.15) is 0 Å². The molecule has 0 aliphatic carbocycles. The van der Waals surface area contributed by atoms with Crippen molar-refractivity contribution in [2.75, 3.05) is 31.1 Å². The van der Waals surface area contributed by atoms with Crippen LogP contribution in [0.1, 0.15) is 10.5 Å². The zero-order valence-corrected chi connectivity index (χ0v) is 11.6. The summed E-state index contributed by atoms with van der Waals surface area (Å²) in [5.74, 6) is -0.757. The molecule has 0 aromatic carbocycles. The first-order valence-electron chi connectivity index (χ1n) is 6.15. The Morgan fingerprint density at radius 1 is 1.25 bits per heavy atom. The molecular weight excluding hydrogens is 282 g/mol. The van der Waals surface area contributed by atoms with Gasteiger partial charge in [0.1, 0.15) is 5.69 Å². The van der Waals surface area contributed by atoms with Crippen molar-refractivity contribution in [3.63, 3.8) is 0 Å². The van der Waals surface area contributed by atoms with Crippen LogP contribution in [-0.4, -0.2) is 61.3 Å². The molecule has 108 valence electrons. The predicted octanol–water partition coefficient (Wildman–Crippen LogP) is -0.932. The Balaban J connectivity index is 1.83. The topological polar surface area (TPSA) is 96.4 Å². The summed E-state index contributed by atoms with van der Waals surface area (Å²) in [4.78, 5) is 28.9. The Labute approximate surface area is 116 Å². The third kappa shape index (κ3) is 3.77. The largest absolute Gasteiger partial charge is 0.342 e. The van der Waals surface area contributed by atoms with Crippen LogP contribution < -0.4 is 5.32 Å². The minimum atomic E-state index is -3.01. The summed E-state index contributed by atoms with van der Waals surface area (Å²) in [5.41, 5.74) is 0.238. The zero-order chi connectivity index (χ0) is 14.6. The fourth-order valence-electron chi connectivity index (χ4n) is 1.82. The van der Waals surface area contributed by atoms with Gasteiger partial charge in [-0.05, 0) is 12.1 Å². The molecule has 7 nitrogen and oxygen atoms in total. The lowest BCUT2D eigenvalue weighted by atomic mass is 10.3. The highest BCUT2D eigenvalue weighted by molar-refractivity contribution is 7.91. The van der Waals surface area contributed by atoms with E-state index in [1.807, 2.05) is 0 Å². The molecule has 0 radical (unpaired) electrons. The van der Waals surface area contributed by atoms with Gasteiger partial charge in [0.2, 0.25) is 5.91 Å². The van der Waals surface area contributed by atoms with Crippen molar-refractivity contribution in [1.82, 2.24) is 15.2 Å². The van der Waals surface area contributed by atoms with Gasteiger partial charge in [-0.15, -0.1) is 0 Å². The Morgan fingerprint density at radius 3 is 2.55 bits per heavy atom. The number of sulfone groups is 1. The van der Waals surface area contributed by atoms with Gasteiger partial charge in [0.15, 0.2) is 9.84 Å². The molecular formula is C12H15N3O4S. The van der Waals surface area contributed by atoms with Gasteiger partial charge in [0.05, 0.1) is 18.1 Å². The maximum Gasteiger partial charge on any atom is 0.270 e. The number of hydrogen-bond donors (Lipinski definition) is 1. The van der Waals surface area contributed by atoms with Crippen LogP contribution in [0.25, 0.3) is 0 Å². The Hall–Kier alpha value is -1.96. The van der Waals surface area contributed by atoms with E-state index in [0.29, 0.717) is 0 Å². The molecule has 1 aliphatic heterocycles. The molecule has 0 atom stereocenters. The third-order valence-electron chi connectivity index (χ3n) is 2.99. The maximum absolute atomic E-state index is 11.8. The molecule has 0 bridgehead atoms. The highest BCUT2D eigenvalue weighted by Crippen LogP contribution is 2.03. The van der Waals surface area contributed by atoms with Crippen LogP contribution in [0.5, 0.6) is 0 Å². The number of pyridine rings is 1. The molecule has 2 amide bonds. The Kier molecular flexibility index (Phi) is 4.33. The molecule has 2 rings (SSSR count). The second-order valence-electron chi connectivity index (χ2n) is 4.43. The minimum Gasteiger partial charge on any atom is -0.342 e. The number of carbonyl (C=O) groups excluding carboxylic acids is 2. The normalized spacial score (nSPS) is 17.5. The monoisotopic (exact) mass is 297 g/mol. The molecule has 1 aromatic heterocycles. The number of nitrogens with one attached hydrogen (secondary N) is 1. The van der Waals surface area contributed by atoms with Gasteiger partial charge < -0.3 is 10.2 Å². The highest BCUT2D eigenvalue weighted by Gasteiger charge is 2.25. The van der Waals surface area contributed by atoms with Crippen molar-refractivity contribution in [1.29, 1.82) is 0 Å². The molecule has 1 fully saturated rings. The lowest BCUT2D eigenvalue weighted by Gasteiger charge is -2.26. The van der Waals surface area contributed by atoms with Crippen molar-refractivity contribution in [2.24, 2.45) is 0 Å². The summed E-state index contributed by atoms with van der Waals surface area (Å²) in [5, 5.41) is 2.47. The van der Waals surface area contributed by atoms with Crippen molar-refractivity contribution >= 4 is 21.7 Å². The van der Waals surface area contributed by atoms with Crippen LogP contribution in [0.2, 0.25) is 0 Å². The average Bonchev–Trinajstić information content (AvgIpc) is 2.45. The van der Waals surface area contributed by atoms with Crippen molar-refractivity contribution < 1.29 is 18.0 Å². The Bertz CT molecular complexity index is 586. The summed E-state index contributed by atoms with van der Waals surface area (Å²) in [7, 11) is -3.01. The predicted molar refractivity (Wildman–Crippen MR) is 71.8 cm³/mol. The van der Waals surface area contributed by atoms with Crippen LogP contribution in [0.4, 0.5) is 0 Å². The minimum absolute atomic E-state index is 0.0209. The SMILES string of the molecule is O=C(NCC(=O)N1CCS(=O)(=O)CC1)c1ccccn1. The van der Waals surface area contributed by atoms with Gasteiger partial charge in [0.25, 0.3) is 5.91 Å². The highest BCUT2D eigenvalue weighted by atomic mass is 32.2. The molecule has 0 saturated carbocycles. The molecule has 1 aromatic rings. The third-order valence-corrected chi connectivity index (χ3v) is 4.60. The summed E-state index contributed by atoms with van der Waals surface area (Å²) in [6, 6.07) is 4.92. The fourth-order valence-corrected chi connectivity index (χ4v) is 3.02. The second-order valence-corrected chi connectivity index (χ2v) is 6.73. The number of amides is 2. The van der Waals surface area contributed by atoms with Gasteiger partial charge in [-0.25, -0.2) is 8.42 Å². The van der Waals surface area contributed by atoms with E-state index >= 15 is 0 Å². The fraction of sp³-hybridized carbons (Fsp3) is 0.417. The van der Waals surface area contributed by atoms with E-state index in [1.54, 1.807) is 18.2 Å². The van der Waals surface area contributed by atoms with Gasteiger partial charge in [0, 0.05) is 19.3 Å². The van der Waals surface area contributed by atoms with Crippen LogP contribution in [0.15, 0.2) is 24.4 Å². The Morgan fingerprint density at radius 2 is 1.95 bits per heavy atom. The summed E-state index contributed by atoms with van der Waals surface area (Å²) < 4.78 is 22.5. The number of hydrogen-bond acceptors (Lipinski definition) is 5. The first kappa shape index (κ1) is 14.4. The van der Waals surface area contributed by atoms with Crippen molar-refractivity contribution in [2.45, 2.75) is 0 Å². The number of carbonyl (C=O) groups is 2. The standard InChI is InChI=1S/C12H15N3O4S/c16-11(15-5-7-20(18,19)8-6-15)9-14-12(17)10-3-1-2-4-13-10/h1-4H,5-9H2,(H,14,17). The van der Waals surface area contributed by atoms with E-state index in [2.05, 4.69) is 10.3 Å². The van der Waals surface area contributed by atoms with Crippen molar-refractivity contribution in [3.8, 4) is 0 Å². The molecule has 0 unspecified atom stereocenters. The van der Waals surface area contributed by atoms with E-state index in [-0.39, 0.29) is 42.7 Å². The first-order chi connectivity index (χ1) is 9.48. The molecule has 1 saturated heterocycles. The molecule has 1 aliphatic rings. The average molecular weight is 297 g/mol. The zero-order valence-electron chi connectivity index (χ0n) is 10.8. The van der Waals surface area contributed by atoms with Crippen LogP contribution in [0, 0.1) is 0 Å². The number of aromatic nitrogens is 1. The summed E-state index contributed by atoms with van der Waals surface area (Å²) >= 11 is 0. The number of rotatable bonds is 3. The summed E-state index contributed by atoms with van der Waals surface area (Å²) in [6.45, 7) is 0.205. The van der Waals surface area contributed by atoms with E-state index < -0.39 is 15.7 Å². The molecule has 0 spiro atoms. The second kappa shape index (κ2) is 6.00. The van der Waals surface area contributed by atoms with E-state index in [1.165, 1.54) is 11.1 Å². The smallest absolute Gasteiger partial charge is 0.270 e. The van der Waals surface area contributed by atoms with Gasteiger partial charge in [-0.3, -0.25) is 14.6 Å². The van der Waals surface area contributed by atoms with Crippen LogP contribution in [0.3, 0.4) is 0 Å². The van der Waals surface area contributed by atoms with Gasteiger partial charge in [-0.1, -0.05) is 6.07 Å². The molecule has 2 heterocycles. The molecule has 8 heteroatoms. The van der Waals surface area contributed by atoms with E-state index in [0.717, 1.165) is 0 Å². The first-order valence-corrected chi connectivity index (χ1v) is 7.97. The lowest BCUT2D eigenvalue weighted by molar-refractivity contribution is -0.129. The summed E-state index contributed by atoms with van der Waals surface area (Å²) in [6.07, 6.45) is 1.49. The van der Waals surface area contributed by atoms with Crippen LogP contribution in [-0.2, 0) is 14.6 Å². The number of nitrogens with zero attached hydrogens (tertiary/aromatic N) is 2. The van der Waals surface area contributed by atoms with E-state index in [4.69, 9.17) is 0 Å². The lowest BCUT2D eigenvalue weighted by Crippen LogP contribution is -2.47. The quantitative estimate of drug-likeness (QED) is 0.777. The molecule has 20 heavy (non-hydrogen) atoms. The maximum atomic E-state index is 11.8. The molecule has 1 N–H and O–H groups in total. The van der Waals surface area contributed by atoms with E-state index in [9.17, 15) is 18.0 Å². The van der Waals surface area contributed by atoms with Gasteiger partial charge >= 0.3 is 0 Å². The van der Waals surface area contributed by atoms with Crippen LogP contribution >= 0.6 is 0 Å².